The van der Waals surface area contributed by atoms with Crippen LogP contribution in [0.1, 0.15) is 19.8 Å². The van der Waals surface area contributed by atoms with E-state index in [0.717, 1.165) is 6.92 Å². The molecule has 0 spiro atoms. The first-order valence-electron chi connectivity index (χ1n) is 7.18. The largest absolute Gasteiger partial charge is 0.453 e. The summed E-state index contributed by atoms with van der Waals surface area (Å²) < 4.78 is 176. The second-order valence-corrected chi connectivity index (χ2v) is 9.09. The van der Waals surface area contributed by atoms with Crippen LogP contribution in [0.15, 0.2) is 0 Å². The van der Waals surface area contributed by atoms with E-state index in [4.69, 9.17) is 0 Å². The van der Waals surface area contributed by atoms with Gasteiger partial charge in [0.1, 0.15) is 0 Å². The van der Waals surface area contributed by atoms with E-state index in [1.807, 2.05) is 0 Å². The molecule has 0 saturated heterocycles. The predicted molar refractivity (Wildman–Crippen MR) is 75.3 cm³/mol. The molecule has 0 bridgehead atoms. The molecule has 1 atom stereocenters. The molecule has 0 saturated carbocycles. The Kier molecular flexibility index (Phi) is 8.81. The quantitative estimate of drug-likeness (QED) is 0.323. The van der Waals surface area contributed by atoms with Crippen molar-refractivity contribution in [2.45, 2.75) is 50.1 Å². The van der Waals surface area contributed by atoms with Gasteiger partial charge in [0.25, 0.3) is 20.2 Å². The van der Waals surface area contributed by atoms with Crippen LogP contribution < -0.4 is 0 Å². The highest BCUT2D eigenvalue weighted by Gasteiger charge is 2.58. The van der Waals surface area contributed by atoms with Gasteiger partial charge in [0.05, 0.1) is 24.2 Å². The van der Waals surface area contributed by atoms with E-state index in [1.54, 1.807) is 0 Å². The molecular formula is C11H14F10O6S2. The molecule has 18 heteroatoms. The number of rotatable bonds is 11. The average molecular weight is 496 g/mol. The van der Waals surface area contributed by atoms with Crippen molar-refractivity contribution in [3.8, 4) is 0 Å². The summed E-state index contributed by atoms with van der Waals surface area (Å²) in [5.74, 6) is -14.3. The van der Waals surface area contributed by atoms with Crippen LogP contribution in [0.4, 0.5) is 43.9 Å². The zero-order valence-electron chi connectivity index (χ0n) is 14.2. The van der Waals surface area contributed by atoms with Crippen molar-refractivity contribution in [2.75, 3.05) is 18.1 Å². The summed E-state index contributed by atoms with van der Waals surface area (Å²) in [6, 6.07) is 0. The normalized spacial score (nSPS) is 16.1. The van der Waals surface area contributed by atoms with Gasteiger partial charge in [-0.1, -0.05) is 0 Å². The van der Waals surface area contributed by atoms with Gasteiger partial charge in [-0.2, -0.15) is 60.7 Å². The fraction of sp³-hybridized carbons (Fsp3) is 1.00. The molecule has 0 aliphatic rings. The number of hydrogen-bond donors (Lipinski definition) is 0. The van der Waals surface area contributed by atoms with Gasteiger partial charge >= 0.3 is 24.2 Å². The summed E-state index contributed by atoms with van der Waals surface area (Å²) in [6.45, 7) is -0.492. The fourth-order valence-corrected chi connectivity index (χ4v) is 3.56. The predicted octanol–water partition coefficient (Wildman–Crippen LogP) is 3.24. The lowest BCUT2D eigenvalue weighted by atomic mass is 10.2. The maximum absolute atomic E-state index is 12.7. The standard InChI is InChI=1S/C11H14F10O6S2/c1-7(27-29(24,25)5-3-9(14,15)11(19,20)21)6-26-28(22,23)4-2-8(12,13)10(16,17)18/h7H,2-6H2,1H3. The van der Waals surface area contributed by atoms with E-state index in [0.29, 0.717) is 0 Å². The maximum Gasteiger partial charge on any atom is 0.453 e. The number of halogens is 10. The highest BCUT2D eigenvalue weighted by molar-refractivity contribution is 7.87. The van der Waals surface area contributed by atoms with Crippen LogP contribution in [0.25, 0.3) is 0 Å². The smallest absolute Gasteiger partial charge is 0.267 e. The van der Waals surface area contributed by atoms with Gasteiger partial charge < -0.3 is 0 Å². The first-order chi connectivity index (χ1) is 12.5. The van der Waals surface area contributed by atoms with Crippen LogP contribution >= 0.6 is 0 Å². The Morgan fingerprint density at radius 3 is 1.38 bits per heavy atom. The first-order valence-corrected chi connectivity index (χ1v) is 10.3. The molecule has 29 heavy (non-hydrogen) atoms. The van der Waals surface area contributed by atoms with Gasteiger partial charge in [0, 0.05) is 12.8 Å². The summed E-state index contributed by atoms with van der Waals surface area (Å²) in [4.78, 5) is 0. The summed E-state index contributed by atoms with van der Waals surface area (Å²) in [6.07, 6.45) is -18.2. The molecule has 176 valence electrons. The van der Waals surface area contributed by atoms with Gasteiger partial charge in [-0.25, -0.2) is 0 Å². The zero-order chi connectivity index (χ0) is 23.5. The highest BCUT2D eigenvalue weighted by Crippen LogP contribution is 2.39. The fourth-order valence-electron chi connectivity index (χ4n) is 1.37. The second-order valence-electron chi connectivity index (χ2n) is 5.62. The maximum atomic E-state index is 12.7. The van der Waals surface area contributed by atoms with E-state index < -0.39 is 81.5 Å². The van der Waals surface area contributed by atoms with Gasteiger partial charge in [-0.15, -0.1) is 0 Å². The van der Waals surface area contributed by atoms with E-state index in [-0.39, 0.29) is 0 Å². The van der Waals surface area contributed by atoms with Crippen LogP contribution in [0, 0.1) is 0 Å². The van der Waals surface area contributed by atoms with Crippen molar-refractivity contribution < 1.29 is 69.1 Å². The Hall–Kier alpha value is -0.880. The van der Waals surface area contributed by atoms with Crippen molar-refractivity contribution in [1.29, 1.82) is 0 Å². The summed E-state index contributed by atoms with van der Waals surface area (Å²) in [7, 11) is -10.0. The van der Waals surface area contributed by atoms with Crippen molar-refractivity contribution >= 4 is 20.2 Å². The Morgan fingerprint density at radius 2 is 1.03 bits per heavy atom. The molecule has 0 aromatic rings. The Bertz CT molecular complexity index is 741. The van der Waals surface area contributed by atoms with Crippen molar-refractivity contribution in [3.05, 3.63) is 0 Å². The van der Waals surface area contributed by atoms with Crippen LogP contribution in [-0.4, -0.2) is 65.2 Å². The van der Waals surface area contributed by atoms with Crippen LogP contribution in [0.2, 0.25) is 0 Å². The molecule has 0 aromatic carbocycles. The molecule has 6 nitrogen and oxygen atoms in total. The molecule has 0 fully saturated rings. The lowest BCUT2D eigenvalue weighted by Crippen LogP contribution is -2.39. The van der Waals surface area contributed by atoms with E-state index in [2.05, 4.69) is 8.37 Å². The summed E-state index contributed by atoms with van der Waals surface area (Å²) in [5, 5.41) is 0. The molecule has 0 N–H and O–H groups in total. The Labute approximate surface area is 158 Å². The van der Waals surface area contributed by atoms with E-state index >= 15 is 0 Å². The lowest BCUT2D eigenvalue weighted by Gasteiger charge is -2.20. The molecule has 0 aliphatic heterocycles. The molecular weight excluding hydrogens is 482 g/mol. The van der Waals surface area contributed by atoms with Crippen molar-refractivity contribution in [3.63, 3.8) is 0 Å². The minimum absolute atomic E-state index is 0.763. The Morgan fingerprint density at radius 1 is 0.690 bits per heavy atom. The van der Waals surface area contributed by atoms with Crippen LogP contribution in [0.5, 0.6) is 0 Å². The lowest BCUT2D eigenvalue weighted by molar-refractivity contribution is -0.282. The van der Waals surface area contributed by atoms with Crippen LogP contribution in [-0.2, 0) is 28.6 Å². The van der Waals surface area contributed by atoms with Gasteiger partial charge in [0.2, 0.25) is 0 Å². The second kappa shape index (κ2) is 9.09. The minimum Gasteiger partial charge on any atom is -0.267 e. The van der Waals surface area contributed by atoms with Crippen molar-refractivity contribution in [2.24, 2.45) is 0 Å². The molecule has 0 aromatic heterocycles. The molecule has 0 rings (SSSR count). The number of alkyl halides is 10. The monoisotopic (exact) mass is 496 g/mol. The molecule has 0 aliphatic carbocycles. The van der Waals surface area contributed by atoms with E-state index in [1.165, 1.54) is 0 Å². The number of hydrogen-bond acceptors (Lipinski definition) is 6. The Balaban J connectivity index is 4.69. The van der Waals surface area contributed by atoms with Gasteiger partial charge in [-0.05, 0) is 6.92 Å². The molecule has 0 heterocycles. The molecule has 0 amide bonds. The zero-order valence-corrected chi connectivity index (χ0v) is 15.8. The van der Waals surface area contributed by atoms with Crippen molar-refractivity contribution in [1.82, 2.24) is 0 Å². The van der Waals surface area contributed by atoms with Crippen LogP contribution in [0.3, 0.4) is 0 Å². The topological polar surface area (TPSA) is 86.7 Å². The molecule has 0 radical (unpaired) electrons. The first kappa shape index (κ1) is 28.1. The highest BCUT2D eigenvalue weighted by atomic mass is 32.2. The van der Waals surface area contributed by atoms with Gasteiger partial charge in [0.15, 0.2) is 0 Å². The average Bonchev–Trinajstić information content (AvgIpc) is 2.47. The minimum atomic E-state index is -6.02. The summed E-state index contributed by atoms with van der Waals surface area (Å²) in [5.41, 5.74) is 0. The molecule has 1 unspecified atom stereocenters. The third kappa shape index (κ3) is 9.65. The summed E-state index contributed by atoms with van der Waals surface area (Å²) >= 11 is 0. The van der Waals surface area contributed by atoms with Gasteiger partial charge in [-0.3, -0.25) is 8.37 Å². The third-order valence-corrected chi connectivity index (χ3v) is 5.48. The van der Waals surface area contributed by atoms with E-state index in [9.17, 15) is 60.7 Å². The SMILES string of the molecule is CC(COS(=O)(=O)CCC(F)(F)C(F)(F)F)OS(=O)(=O)CCC(F)(F)C(F)(F)F. The third-order valence-electron chi connectivity index (χ3n) is 2.95.